The third kappa shape index (κ3) is 4.91. The Labute approximate surface area is 217 Å². The van der Waals surface area contributed by atoms with Gasteiger partial charge in [-0.2, -0.15) is 26.3 Å². The number of allylic oxidation sites excluding steroid dienone is 1. The average Bonchev–Trinajstić information content (AvgIpc) is 3.42. The lowest BCUT2D eigenvalue weighted by molar-refractivity contribution is -0.178. The molecule has 200 valence electrons. The van der Waals surface area contributed by atoms with Gasteiger partial charge in [0.2, 0.25) is 0 Å². The first-order valence-electron chi connectivity index (χ1n) is 12.0. The van der Waals surface area contributed by atoms with Crippen LogP contribution in [0.1, 0.15) is 48.7 Å². The molecule has 38 heavy (non-hydrogen) atoms. The van der Waals surface area contributed by atoms with Crippen molar-refractivity contribution < 1.29 is 35.9 Å². The van der Waals surface area contributed by atoms with E-state index in [9.17, 15) is 31.1 Å². The second-order valence-corrected chi connectivity index (χ2v) is 10.2. The molecule has 4 aromatic rings. The highest BCUT2D eigenvalue weighted by Gasteiger charge is 2.41. The molecule has 1 aliphatic carbocycles. The zero-order valence-corrected chi connectivity index (χ0v) is 20.9. The van der Waals surface area contributed by atoms with E-state index >= 15 is 0 Å². The van der Waals surface area contributed by atoms with Gasteiger partial charge in [0, 0.05) is 11.6 Å². The average molecular weight is 553 g/mol. The maximum absolute atomic E-state index is 13.5. The second-order valence-electron chi connectivity index (χ2n) is 9.15. The van der Waals surface area contributed by atoms with Crippen LogP contribution in [0.2, 0.25) is 0 Å². The highest BCUT2D eigenvalue weighted by Crippen LogP contribution is 2.43. The Balaban J connectivity index is 1.72. The van der Waals surface area contributed by atoms with Gasteiger partial charge in [0.05, 0.1) is 39.4 Å². The number of fused-ring (bicyclic) bond motifs is 2. The zero-order chi connectivity index (χ0) is 27.2. The van der Waals surface area contributed by atoms with Crippen LogP contribution < -0.4 is 0 Å². The van der Waals surface area contributed by atoms with Crippen LogP contribution >= 0.6 is 11.3 Å². The van der Waals surface area contributed by atoms with Gasteiger partial charge in [-0.3, -0.25) is 0 Å². The Morgan fingerprint density at radius 1 is 1.16 bits per heavy atom. The van der Waals surface area contributed by atoms with Crippen LogP contribution in [0.5, 0.6) is 0 Å². The normalized spacial score (nSPS) is 18.0. The number of nitrogens with zero attached hydrogens (tertiary/aromatic N) is 2. The lowest BCUT2D eigenvalue weighted by Gasteiger charge is -2.26. The van der Waals surface area contributed by atoms with Crippen molar-refractivity contribution in [3.05, 3.63) is 59.3 Å². The fourth-order valence-corrected chi connectivity index (χ4v) is 5.91. The van der Waals surface area contributed by atoms with Gasteiger partial charge in [-0.25, -0.2) is 9.78 Å². The molecule has 1 fully saturated rings. The number of rotatable bonds is 4. The molecular formula is C27H22F6N2O2S. The van der Waals surface area contributed by atoms with Crippen LogP contribution in [-0.4, -0.2) is 28.3 Å². The van der Waals surface area contributed by atoms with Gasteiger partial charge in [0.15, 0.2) is 0 Å². The molecule has 0 bridgehead atoms. The molecule has 0 amide bonds. The van der Waals surface area contributed by atoms with Crippen LogP contribution in [0.25, 0.3) is 37.9 Å². The first-order valence-corrected chi connectivity index (χ1v) is 12.8. The molecule has 0 aliphatic heterocycles. The van der Waals surface area contributed by atoms with Gasteiger partial charge in [-0.1, -0.05) is 23.8 Å². The Morgan fingerprint density at radius 3 is 2.63 bits per heavy atom. The molecule has 2 aromatic carbocycles. The van der Waals surface area contributed by atoms with E-state index in [1.54, 1.807) is 42.0 Å². The number of hydrogen-bond acceptors (Lipinski definition) is 4. The van der Waals surface area contributed by atoms with Crippen molar-refractivity contribution >= 4 is 44.6 Å². The molecule has 11 heteroatoms. The zero-order valence-electron chi connectivity index (χ0n) is 20.1. The molecule has 0 saturated heterocycles. The van der Waals surface area contributed by atoms with E-state index in [4.69, 9.17) is 4.74 Å². The standard InChI is InChI=1S/C27H22F6N2O2S/c1-2-37-25(36)23-22(24-34-19-13-17(27(31,32)33)10-11-21(19)38-24)18-8-3-4-9-20(18)35(23)14-15-6-5-7-16(12-15)26(28,29)30/h3-4,8-11,13-14,16H,2,5-7,12H2,1H3/b15-14-. The fraction of sp³-hybridized carbons (Fsp3) is 0.333. The monoisotopic (exact) mass is 552 g/mol. The lowest BCUT2D eigenvalue weighted by Crippen LogP contribution is -2.26. The number of hydrogen-bond donors (Lipinski definition) is 0. The predicted molar refractivity (Wildman–Crippen MR) is 134 cm³/mol. The van der Waals surface area contributed by atoms with E-state index in [0.29, 0.717) is 44.6 Å². The molecule has 1 unspecified atom stereocenters. The van der Waals surface area contributed by atoms with Crippen molar-refractivity contribution in [2.24, 2.45) is 5.92 Å². The molecule has 1 atom stereocenters. The Hall–Kier alpha value is -3.34. The first-order chi connectivity index (χ1) is 18.0. The van der Waals surface area contributed by atoms with E-state index in [-0.39, 0.29) is 30.7 Å². The van der Waals surface area contributed by atoms with Crippen molar-refractivity contribution in [2.75, 3.05) is 6.61 Å². The van der Waals surface area contributed by atoms with Crippen molar-refractivity contribution in [1.29, 1.82) is 0 Å². The van der Waals surface area contributed by atoms with E-state index in [2.05, 4.69) is 4.98 Å². The van der Waals surface area contributed by atoms with Crippen LogP contribution in [0.15, 0.2) is 48.0 Å². The summed E-state index contributed by atoms with van der Waals surface area (Å²) in [4.78, 5) is 17.7. The highest BCUT2D eigenvalue weighted by atomic mass is 32.1. The molecule has 2 aromatic heterocycles. The maximum Gasteiger partial charge on any atom is 0.416 e. The molecule has 0 N–H and O–H groups in total. The minimum Gasteiger partial charge on any atom is -0.461 e. The van der Waals surface area contributed by atoms with Gasteiger partial charge in [0.25, 0.3) is 0 Å². The molecule has 2 heterocycles. The minimum absolute atomic E-state index is 0.0505. The summed E-state index contributed by atoms with van der Waals surface area (Å²) >= 11 is 1.13. The molecule has 0 spiro atoms. The number of aromatic nitrogens is 2. The highest BCUT2D eigenvalue weighted by molar-refractivity contribution is 7.21. The summed E-state index contributed by atoms with van der Waals surface area (Å²) in [6.07, 6.45) is -6.57. The molecule has 4 nitrogen and oxygen atoms in total. The van der Waals surface area contributed by atoms with Crippen LogP contribution in [0.3, 0.4) is 0 Å². The number of halogens is 6. The van der Waals surface area contributed by atoms with E-state index in [1.807, 2.05) is 0 Å². The smallest absolute Gasteiger partial charge is 0.416 e. The van der Waals surface area contributed by atoms with E-state index in [0.717, 1.165) is 23.5 Å². The Bertz CT molecular complexity index is 1550. The van der Waals surface area contributed by atoms with Crippen molar-refractivity contribution in [3.8, 4) is 10.6 Å². The number of thiazole rings is 1. The Morgan fingerprint density at radius 2 is 1.92 bits per heavy atom. The van der Waals surface area contributed by atoms with Crippen molar-refractivity contribution in [1.82, 2.24) is 9.55 Å². The predicted octanol–water partition coefficient (Wildman–Crippen LogP) is 8.71. The summed E-state index contributed by atoms with van der Waals surface area (Å²) in [5, 5.41) is 0.901. The Kier molecular flexibility index (Phi) is 6.75. The number of carbonyl (C=O) groups excluding carboxylic acids is 1. The number of ether oxygens (including phenoxy) is 1. The summed E-state index contributed by atoms with van der Waals surface area (Å²) < 4.78 is 87.5. The van der Waals surface area contributed by atoms with Gasteiger partial charge >= 0.3 is 18.3 Å². The first kappa shape index (κ1) is 26.3. The molecule has 1 aliphatic rings. The van der Waals surface area contributed by atoms with Crippen LogP contribution in [-0.2, 0) is 10.9 Å². The fourth-order valence-electron chi connectivity index (χ4n) is 4.90. The largest absolute Gasteiger partial charge is 0.461 e. The lowest BCUT2D eigenvalue weighted by atomic mass is 9.85. The summed E-state index contributed by atoms with van der Waals surface area (Å²) in [7, 11) is 0. The molecular weight excluding hydrogens is 530 g/mol. The summed E-state index contributed by atoms with van der Waals surface area (Å²) in [5.74, 6) is -2.16. The van der Waals surface area contributed by atoms with Gasteiger partial charge in [-0.05, 0) is 56.9 Å². The minimum atomic E-state index is -4.54. The number of alkyl halides is 6. The third-order valence-electron chi connectivity index (χ3n) is 6.64. The third-order valence-corrected chi connectivity index (χ3v) is 7.70. The maximum atomic E-state index is 13.5. The van der Waals surface area contributed by atoms with Gasteiger partial charge < -0.3 is 9.30 Å². The van der Waals surface area contributed by atoms with Crippen LogP contribution in [0.4, 0.5) is 26.3 Å². The number of esters is 1. The summed E-state index contributed by atoms with van der Waals surface area (Å²) in [6, 6.07) is 10.2. The van der Waals surface area contributed by atoms with Gasteiger partial charge in [-0.15, -0.1) is 11.3 Å². The molecule has 5 rings (SSSR count). The molecule has 0 radical (unpaired) electrons. The number of carbonyl (C=O) groups is 1. The quantitative estimate of drug-likeness (QED) is 0.188. The van der Waals surface area contributed by atoms with E-state index < -0.39 is 29.8 Å². The van der Waals surface area contributed by atoms with Gasteiger partial charge in [0.1, 0.15) is 10.7 Å². The number of para-hydroxylation sites is 1. The second kappa shape index (κ2) is 9.76. The topological polar surface area (TPSA) is 44.1 Å². The van der Waals surface area contributed by atoms with Crippen molar-refractivity contribution in [3.63, 3.8) is 0 Å². The summed E-state index contributed by atoms with van der Waals surface area (Å²) in [5.41, 5.74) is 0.845. The number of benzene rings is 2. The molecule has 1 saturated carbocycles. The summed E-state index contributed by atoms with van der Waals surface area (Å²) in [6.45, 7) is 1.69. The van der Waals surface area contributed by atoms with Crippen LogP contribution in [0, 0.1) is 5.92 Å². The SMILES string of the molecule is CCOC(=O)c1c(-c2nc3cc(C(F)(F)F)ccc3s2)c2ccccc2n1/C=C1/CCCC(C(F)(F)F)C1. The van der Waals surface area contributed by atoms with Crippen molar-refractivity contribution in [2.45, 2.75) is 45.0 Å². The van der Waals surface area contributed by atoms with E-state index in [1.165, 1.54) is 6.07 Å².